The van der Waals surface area contributed by atoms with Crippen molar-refractivity contribution in [1.82, 2.24) is 30.4 Å². The monoisotopic (exact) mass is 432 g/mol. The Morgan fingerprint density at radius 1 is 1.28 bits per heavy atom. The number of carbonyl (C=O) groups is 1. The molecule has 162 valence electrons. The Hall–Kier alpha value is -3.85. The number of aromatic hydroxyl groups is 1. The number of pyridine rings is 2. The molecule has 1 aliphatic rings. The normalized spacial score (nSPS) is 16.4. The van der Waals surface area contributed by atoms with Crippen LogP contribution in [0, 0.1) is 12.7 Å². The molecular formula is C23H21FN6O2. The topological polar surface area (TPSA) is 107 Å². The zero-order valence-corrected chi connectivity index (χ0v) is 17.3. The van der Waals surface area contributed by atoms with Gasteiger partial charge in [0.05, 0.1) is 28.4 Å². The van der Waals surface area contributed by atoms with Crippen LogP contribution in [0.5, 0.6) is 5.75 Å². The van der Waals surface area contributed by atoms with Gasteiger partial charge in [-0.05, 0) is 42.8 Å². The van der Waals surface area contributed by atoms with Crippen LogP contribution in [-0.4, -0.2) is 55.7 Å². The molecule has 9 heteroatoms. The van der Waals surface area contributed by atoms with Crippen molar-refractivity contribution in [2.75, 3.05) is 19.6 Å². The van der Waals surface area contributed by atoms with Gasteiger partial charge >= 0.3 is 0 Å². The van der Waals surface area contributed by atoms with E-state index >= 15 is 0 Å². The average molecular weight is 432 g/mol. The molecule has 0 bridgehead atoms. The quantitative estimate of drug-likeness (QED) is 0.460. The van der Waals surface area contributed by atoms with Gasteiger partial charge in [0, 0.05) is 37.6 Å². The van der Waals surface area contributed by atoms with E-state index in [4.69, 9.17) is 0 Å². The first-order chi connectivity index (χ1) is 15.5. The summed E-state index contributed by atoms with van der Waals surface area (Å²) in [7, 11) is 0. The molecule has 0 spiro atoms. The van der Waals surface area contributed by atoms with Gasteiger partial charge in [0.15, 0.2) is 17.2 Å². The van der Waals surface area contributed by atoms with Gasteiger partial charge in [-0.3, -0.25) is 14.9 Å². The summed E-state index contributed by atoms with van der Waals surface area (Å²) in [6.07, 6.45) is 3.48. The first-order valence-electron chi connectivity index (χ1n) is 10.3. The lowest BCUT2D eigenvalue weighted by Crippen LogP contribution is -2.48. The lowest BCUT2D eigenvalue weighted by atomic mass is 10.0. The number of hydrogen-bond acceptors (Lipinski definition) is 6. The van der Waals surface area contributed by atoms with Gasteiger partial charge in [-0.15, -0.1) is 0 Å². The number of fused-ring (bicyclic) bond motifs is 1. The molecule has 1 saturated heterocycles. The number of aromatic nitrogens is 4. The van der Waals surface area contributed by atoms with E-state index in [1.165, 1.54) is 12.1 Å². The maximum Gasteiger partial charge on any atom is 0.255 e. The van der Waals surface area contributed by atoms with Crippen LogP contribution in [0.1, 0.15) is 27.7 Å². The standard InChI is InChI=1S/C23H21FN6O2/c1-13-21-16(23(32)30-8-7-26-12-19(30)15-3-2-6-25-11-15)10-18(27-22(21)29-28-13)14-4-5-20(31)17(24)9-14/h2-6,9-11,19,26,31H,7-8,12H2,1H3,(H,27,28,29). The van der Waals surface area contributed by atoms with E-state index in [0.29, 0.717) is 53.2 Å². The molecule has 1 aromatic carbocycles. The van der Waals surface area contributed by atoms with Crippen molar-refractivity contribution in [3.05, 3.63) is 71.4 Å². The molecule has 1 unspecified atom stereocenters. The molecule has 1 amide bonds. The average Bonchev–Trinajstić information content (AvgIpc) is 3.21. The van der Waals surface area contributed by atoms with Gasteiger partial charge < -0.3 is 15.3 Å². The first-order valence-corrected chi connectivity index (χ1v) is 10.3. The Morgan fingerprint density at radius 3 is 2.94 bits per heavy atom. The van der Waals surface area contributed by atoms with E-state index in [2.05, 4.69) is 25.5 Å². The summed E-state index contributed by atoms with van der Waals surface area (Å²) in [5, 5.41) is 20.6. The SMILES string of the molecule is Cc1n[nH]c2nc(-c3ccc(O)c(F)c3)cc(C(=O)N3CCNCC3c3cccnc3)c12. The Kier molecular flexibility index (Phi) is 5.02. The molecule has 1 aliphatic heterocycles. The number of rotatable bonds is 3. The molecule has 4 heterocycles. The fourth-order valence-electron chi connectivity index (χ4n) is 4.14. The van der Waals surface area contributed by atoms with Crippen molar-refractivity contribution in [2.45, 2.75) is 13.0 Å². The summed E-state index contributed by atoms with van der Waals surface area (Å²) < 4.78 is 14.0. The predicted octanol–water partition coefficient (Wildman–Crippen LogP) is 2.96. The van der Waals surface area contributed by atoms with Crippen molar-refractivity contribution < 1.29 is 14.3 Å². The van der Waals surface area contributed by atoms with E-state index in [-0.39, 0.29) is 11.9 Å². The highest BCUT2D eigenvalue weighted by Gasteiger charge is 2.31. The van der Waals surface area contributed by atoms with Crippen molar-refractivity contribution in [2.24, 2.45) is 0 Å². The van der Waals surface area contributed by atoms with Crippen molar-refractivity contribution in [3.63, 3.8) is 0 Å². The van der Waals surface area contributed by atoms with Gasteiger partial charge in [0.25, 0.3) is 5.91 Å². The zero-order chi connectivity index (χ0) is 22.2. The van der Waals surface area contributed by atoms with Crippen LogP contribution in [0.15, 0.2) is 48.8 Å². The fourth-order valence-corrected chi connectivity index (χ4v) is 4.14. The molecule has 0 radical (unpaired) electrons. The van der Waals surface area contributed by atoms with Crippen LogP contribution in [-0.2, 0) is 0 Å². The maximum absolute atomic E-state index is 14.0. The van der Waals surface area contributed by atoms with E-state index in [1.54, 1.807) is 24.5 Å². The highest BCUT2D eigenvalue weighted by molar-refractivity contribution is 6.07. The van der Waals surface area contributed by atoms with Gasteiger partial charge in [0.1, 0.15) is 0 Å². The van der Waals surface area contributed by atoms with E-state index in [0.717, 1.165) is 5.56 Å². The number of halogens is 1. The smallest absolute Gasteiger partial charge is 0.255 e. The highest BCUT2D eigenvalue weighted by atomic mass is 19.1. The van der Waals surface area contributed by atoms with Crippen LogP contribution in [0.4, 0.5) is 4.39 Å². The second kappa shape index (κ2) is 8.01. The van der Waals surface area contributed by atoms with E-state index in [1.807, 2.05) is 24.0 Å². The zero-order valence-electron chi connectivity index (χ0n) is 17.3. The third-order valence-corrected chi connectivity index (χ3v) is 5.76. The summed E-state index contributed by atoms with van der Waals surface area (Å²) in [6, 6.07) is 9.34. The molecule has 1 fully saturated rings. The number of amides is 1. The molecule has 0 saturated carbocycles. The van der Waals surface area contributed by atoms with Crippen molar-refractivity contribution in [3.8, 4) is 17.0 Å². The molecule has 3 N–H and O–H groups in total. The van der Waals surface area contributed by atoms with Gasteiger partial charge in [-0.25, -0.2) is 9.37 Å². The minimum atomic E-state index is -0.753. The number of aromatic amines is 1. The minimum absolute atomic E-state index is 0.155. The molecule has 4 aromatic rings. The summed E-state index contributed by atoms with van der Waals surface area (Å²) in [6.45, 7) is 3.64. The number of phenolic OH excluding ortho intramolecular Hbond substituents is 1. The minimum Gasteiger partial charge on any atom is -0.505 e. The third kappa shape index (κ3) is 3.46. The Labute approximate surface area is 183 Å². The summed E-state index contributed by atoms with van der Waals surface area (Å²) in [5.74, 6) is -1.35. The van der Waals surface area contributed by atoms with Gasteiger partial charge in [0.2, 0.25) is 0 Å². The van der Waals surface area contributed by atoms with Crippen LogP contribution in [0.25, 0.3) is 22.3 Å². The molecule has 8 nitrogen and oxygen atoms in total. The molecule has 5 rings (SSSR count). The number of nitrogens with zero attached hydrogens (tertiary/aromatic N) is 4. The van der Waals surface area contributed by atoms with E-state index < -0.39 is 11.6 Å². The molecule has 3 aromatic heterocycles. The largest absolute Gasteiger partial charge is 0.505 e. The van der Waals surface area contributed by atoms with Gasteiger partial charge in [-0.2, -0.15) is 5.10 Å². The summed E-state index contributed by atoms with van der Waals surface area (Å²) in [4.78, 5) is 24.4. The molecular weight excluding hydrogens is 411 g/mol. The second-order valence-corrected chi connectivity index (χ2v) is 7.76. The Morgan fingerprint density at radius 2 is 2.16 bits per heavy atom. The number of phenols is 1. The Bertz CT molecular complexity index is 1310. The number of H-pyrrole nitrogens is 1. The highest BCUT2D eigenvalue weighted by Crippen LogP contribution is 2.31. The van der Waals surface area contributed by atoms with Crippen LogP contribution in [0.2, 0.25) is 0 Å². The molecule has 32 heavy (non-hydrogen) atoms. The maximum atomic E-state index is 14.0. The van der Waals surface area contributed by atoms with Crippen molar-refractivity contribution in [1.29, 1.82) is 0 Å². The lowest BCUT2D eigenvalue weighted by Gasteiger charge is -2.36. The number of piperazine rings is 1. The van der Waals surface area contributed by atoms with Crippen LogP contribution in [0.3, 0.4) is 0 Å². The van der Waals surface area contributed by atoms with Gasteiger partial charge in [-0.1, -0.05) is 6.07 Å². The molecule has 0 aliphatic carbocycles. The van der Waals surface area contributed by atoms with Crippen LogP contribution >= 0.6 is 0 Å². The van der Waals surface area contributed by atoms with E-state index in [9.17, 15) is 14.3 Å². The molecule has 1 atom stereocenters. The van der Waals surface area contributed by atoms with Crippen LogP contribution < -0.4 is 5.32 Å². The number of nitrogens with one attached hydrogen (secondary N) is 2. The fraction of sp³-hybridized carbons (Fsp3) is 0.217. The number of carbonyl (C=O) groups excluding carboxylic acids is 1. The van der Waals surface area contributed by atoms with Crippen molar-refractivity contribution >= 4 is 16.9 Å². The summed E-state index contributed by atoms with van der Waals surface area (Å²) >= 11 is 0. The lowest BCUT2D eigenvalue weighted by molar-refractivity contribution is 0.0636. The summed E-state index contributed by atoms with van der Waals surface area (Å²) in [5.41, 5.74) is 3.37. The third-order valence-electron chi connectivity index (χ3n) is 5.76. The number of hydrogen-bond donors (Lipinski definition) is 3. The number of benzene rings is 1. The second-order valence-electron chi connectivity index (χ2n) is 7.76. The predicted molar refractivity (Wildman–Crippen MR) is 117 cm³/mol. The Balaban J connectivity index is 1.62. The first kappa shape index (κ1) is 20.1. The number of aryl methyl sites for hydroxylation is 1.